The number of fused-ring (bicyclic) bond motifs is 1. The van der Waals surface area contributed by atoms with E-state index >= 15 is 0 Å². The summed E-state index contributed by atoms with van der Waals surface area (Å²) in [5.74, 6) is 0.998. The molecule has 0 spiro atoms. The highest BCUT2D eigenvalue weighted by molar-refractivity contribution is 6.62. The molecular formula is C16H23BO3. The van der Waals surface area contributed by atoms with Gasteiger partial charge in [0.2, 0.25) is 0 Å². The van der Waals surface area contributed by atoms with Gasteiger partial charge in [-0.15, -0.1) is 0 Å². The predicted molar refractivity (Wildman–Crippen MR) is 80.7 cm³/mol. The average Bonchev–Trinajstić information content (AvgIpc) is 2.91. The van der Waals surface area contributed by atoms with Gasteiger partial charge in [-0.25, -0.2) is 0 Å². The van der Waals surface area contributed by atoms with Gasteiger partial charge in [-0.05, 0) is 69.6 Å². The molecule has 0 amide bonds. The minimum absolute atomic E-state index is 0.266. The summed E-state index contributed by atoms with van der Waals surface area (Å²) in [7, 11) is 1.47. The second-order valence-electron chi connectivity index (χ2n) is 6.76. The minimum atomic E-state index is -0.289. The first-order valence-corrected chi connectivity index (χ1v) is 7.40. The molecule has 20 heavy (non-hydrogen) atoms. The fraction of sp³-hybridized carbons (Fsp3) is 0.625. The van der Waals surface area contributed by atoms with Crippen molar-refractivity contribution in [2.75, 3.05) is 7.11 Å². The van der Waals surface area contributed by atoms with Gasteiger partial charge in [0.1, 0.15) is 5.75 Å². The number of methoxy groups -OCH3 is 1. The first kappa shape index (κ1) is 14.0. The van der Waals surface area contributed by atoms with Crippen molar-refractivity contribution < 1.29 is 14.0 Å². The molecule has 108 valence electrons. The summed E-state index contributed by atoms with van der Waals surface area (Å²) >= 11 is 0. The zero-order valence-corrected chi connectivity index (χ0v) is 13.1. The van der Waals surface area contributed by atoms with E-state index < -0.39 is 0 Å². The Kier molecular flexibility index (Phi) is 3.14. The highest BCUT2D eigenvalue weighted by Crippen LogP contribution is 2.38. The van der Waals surface area contributed by atoms with Crippen LogP contribution in [0.1, 0.15) is 45.2 Å². The van der Waals surface area contributed by atoms with Gasteiger partial charge in [0.15, 0.2) is 0 Å². The Hall–Kier alpha value is -0.995. The maximum atomic E-state index is 6.19. The quantitative estimate of drug-likeness (QED) is 0.775. The van der Waals surface area contributed by atoms with E-state index in [-0.39, 0.29) is 18.3 Å². The molecule has 0 atom stereocenters. The molecular weight excluding hydrogens is 251 g/mol. The Morgan fingerprint density at radius 2 is 1.60 bits per heavy atom. The lowest BCUT2D eigenvalue weighted by molar-refractivity contribution is 0.00578. The molecule has 1 aromatic carbocycles. The van der Waals surface area contributed by atoms with Crippen LogP contribution in [0.4, 0.5) is 0 Å². The molecule has 1 saturated heterocycles. The molecule has 0 bridgehead atoms. The van der Waals surface area contributed by atoms with Crippen LogP contribution in [0.25, 0.3) is 0 Å². The Morgan fingerprint density at radius 1 is 1.00 bits per heavy atom. The Balaban J connectivity index is 1.99. The fourth-order valence-electron chi connectivity index (χ4n) is 3.08. The normalized spacial score (nSPS) is 22.9. The molecule has 0 aromatic heterocycles. The third kappa shape index (κ3) is 1.97. The summed E-state index contributed by atoms with van der Waals surface area (Å²) in [6.07, 6.45) is 3.36. The van der Waals surface area contributed by atoms with Gasteiger partial charge in [-0.2, -0.15) is 0 Å². The van der Waals surface area contributed by atoms with Gasteiger partial charge in [-0.1, -0.05) is 6.07 Å². The topological polar surface area (TPSA) is 27.7 Å². The highest BCUT2D eigenvalue weighted by Gasteiger charge is 2.52. The van der Waals surface area contributed by atoms with Gasteiger partial charge in [0.05, 0.1) is 18.3 Å². The predicted octanol–water partition coefficient (Wildman–Crippen LogP) is 2.48. The SMILES string of the molecule is COc1ccc(B2OC(C)(C)C(C)(C)O2)c2c1CCC2. The monoisotopic (exact) mass is 274 g/mol. The standard InChI is InChI=1S/C16H23BO3/c1-15(2)16(3,4)20-17(19-15)13-9-10-14(18-5)12-8-6-7-11(12)13/h9-10H,6-8H2,1-5H3. The van der Waals surface area contributed by atoms with Crippen molar-refractivity contribution in [2.45, 2.75) is 58.2 Å². The van der Waals surface area contributed by atoms with Crippen LogP contribution in [-0.4, -0.2) is 25.4 Å². The summed E-state index contributed by atoms with van der Waals surface area (Å²) < 4.78 is 17.8. The molecule has 1 aliphatic heterocycles. The van der Waals surface area contributed by atoms with Crippen molar-refractivity contribution in [3.63, 3.8) is 0 Å². The number of ether oxygens (including phenoxy) is 1. The second kappa shape index (κ2) is 4.50. The van der Waals surface area contributed by atoms with E-state index in [1.54, 1.807) is 7.11 Å². The second-order valence-corrected chi connectivity index (χ2v) is 6.76. The van der Waals surface area contributed by atoms with E-state index in [0.29, 0.717) is 0 Å². The zero-order valence-electron chi connectivity index (χ0n) is 13.1. The van der Waals surface area contributed by atoms with Crippen LogP contribution in [0.3, 0.4) is 0 Å². The first-order valence-electron chi connectivity index (χ1n) is 7.40. The minimum Gasteiger partial charge on any atom is -0.496 e. The molecule has 2 aliphatic rings. The van der Waals surface area contributed by atoms with Crippen LogP contribution in [0.5, 0.6) is 5.75 Å². The Bertz CT molecular complexity index is 521. The molecule has 3 rings (SSSR count). The van der Waals surface area contributed by atoms with Crippen LogP contribution in [0.15, 0.2) is 12.1 Å². The molecule has 0 saturated carbocycles. The molecule has 1 heterocycles. The highest BCUT2D eigenvalue weighted by atomic mass is 16.7. The van der Waals surface area contributed by atoms with Crippen molar-refractivity contribution in [1.29, 1.82) is 0 Å². The van der Waals surface area contributed by atoms with Gasteiger partial charge < -0.3 is 14.0 Å². The molecule has 1 aromatic rings. The molecule has 4 heteroatoms. The lowest BCUT2D eigenvalue weighted by Crippen LogP contribution is -2.41. The summed E-state index contributed by atoms with van der Waals surface area (Å²) in [4.78, 5) is 0. The van der Waals surface area contributed by atoms with Crippen LogP contribution in [0.2, 0.25) is 0 Å². The third-order valence-electron chi connectivity index (χ3n) is 5.01. The van der Waals surface area contributed by atoms with Crippen LogP contribution in [0, 0.1) is 0 Å². The molecule has 1 aliphatic carbocycles. The Labute approximate surface area is 121 Å². The summed E-state index contributed by atoms with van der Waals surface area (Å²) in [6, 6.07) is 4.15. The summed E-state index contributed by atoms with van der Waals surface area (Å²) in [5, 5.41) is 0. The van der Waals surface area contributed by atoms with E-state index in [9.17, 15) is 0 Å². The maximum Gasteiger partial charge on any atom is 0.495 e. The lowest BCUT2D eigenvalue weighted by atomic mass is 9.75. The van der Waals surface area contributed by atoms with Crippen molar-refractivity contribution in [3.05, 3.63) is 23.3 Å². The van der Waals surface area contributed by atoms with Gasteiger partial charge in [0, 0.05) is 0 Å². The number of benzene rings is 1. The molecule has 3 nitrogen and oxygen atoms in total. The lowest BCUT2D eigenvalue weighted by Gasteiger charge is -2.32. The zero-order chi connectivity index (χ0) is 14.5. The molecule has 0 radical (unpaired) electrons. The number of hydrogen-bond acceptors (Lipinski definition) is 3. The smallest absolute Gasteiger partial charge is 0.495 e. The van der Waals surface area contributed by atoms with E-state index in [1.165, 1.54) is 23.0 Å². The summed E-state index contributed by atoms with van der Waals surface area (Å²) in [6.45, 7) is 8.38. The van der Waals surface area contributed by atoms with Crippen LogP contribution in [-0.2, 0) is 22.2 Å². The number of hydrogen-bond donors (Lipinski definition) is 0. The fourth-order valence-corrected chi connectivity index (χ4v) is 3.08. The van der Waals surface area contributed by atoms with E-state index in [0.717, 1.165) is 18.6 Å². The van der Waals surface area contributed by atoms with Crippen molar-refractivity contribution >= 4 is 12.6 Å². The molecule has 0 N–H and O–H groups in total. The maximum absolute atomic E-state index is 6.19. The van der Waals surface area contributed by atoms with Crippen molar-refractivity contribution in [3.8, 4) is 5.75 Å². The van der Waals surface area contributed by atoms with Crippen LogP contribution < -0.4 is 10.2 Å². The van der Waals surface area contributed by atoms with E-state index in [4.69, 9.17) is 14.0 Å². The van der Waals surface area contributed by atoms with E-state index in [1.807, 2.05) is 6.07 Å². The average molecular weight is 274 g/mol. The largest absolute Gasteiger partial charge is 0.496 e. The Morgan fingerprint density at radius 3 is 2.20 bits per heavy atom. The van der Waals surface area contributed by atoms with Gasteiger partial charge in [-0.3, -0.25) is 0 Å². The third-order valence-corrected chi connectivity index (χ3v) is 5.01. The molecule has 1 fully saturated rings. The first-order chi connectivity index (χ1) is 9.36. The molecule has 0 unspecified atom stereocenters. The van der Waals surface area contributed by atoms with Crippen LogP contribution >= 0.6 is 0 Å². The van der Waals surface area contributed by atoms with Gasteiger partial charge >= 0.3 is 7.12 Å². The van der Waals surface area contributed by atoms with E-state index in [2.05, 4.69) is 33.8 Å². The summed E-state index contributed by atoms with van der Waals surface area (Å²) in [5.41, 5.74) is 3.30. The number of rotatable bonds is 2. The van der Waals surface area contributed by atoms with Gasteiger partial charge in [0.25, 0.3) is 0 Å². The van der Waals surface area contributed by atoms with Crippen molar-refractivity contribution in [1.82, 2.24) is 0 Å². The van der Waals surface area contributed by atoms with Crippen molar-refractivity contribution in [2.24, 2.45) is 0 Å².